The summed E-state index contributed by atoms with van der Waals surface area (Å²) < 4.78 is 6.88. The molecule has 0 bridgehead atoms. The van der Waals surface area contributed by atoms with E-state index in [2.05, 4.69) is 22.3 Å². The molecular formula is C13H17N3OS. The van der Waals surface area contributed by atoms with Crippen LogP contribution < -0.4 is 10.5 Å². The zero-order chi connectivity index (χ0) is 12.6. The number of nitrogens with two attached hydrogens (primary N) is 1. The van der Waals surface area contributed by atoms with E-state index in [1.54, 1.807) is 17.7 Å². The molecule has 1 fully saturated rings. The predicted molar refractivity (Wildman–Crippen MR) is 73.0 cm³/mol. The molecule has 1 aliphatic carbocycles. The molecule has 4 nitrogen and oxygen atoms in total. The van der Waals surface area contributed by atoms with Gasteiger partial charge in [-0.2, -0.15) is 0 Å². The van der Waals surface area contributed by atoms with Crippen LogP contribution in [0.2, 0.25) is 0 Å². The molecule has 18 heavy (non-hydrogen) atoms. The standard InChI is InChI=1S/C13H17N3OS/c1-9-6-18-11-10(9)15-8-16-12(11)17-7-13(14)4-2-3-5-13/h6,8H,2-5,7,14H2,1H3. The first-order valence-electron chi connectivity index (χ1n) is 6.28. The molecule has 0 radical (unpaired) electrons. The maximum absolute atomic E-state index is 6.29. The molecule has 0 unspecified atom stereocenters. The van der Waals surface area contributed by atoms with Gasteiger partial charge in [-0.3, -0.25) is 0 Å². The van der Waals surface area contributed by atoms with Gasteiger partial charge in [0.1, 0.15) is 17.6 Å². The first kappa shape index (κ1) is 11.9. The summed E-state index contributed by atoms with van der Waals surface area (Å²) in [6.07, 6.45) is 6.07. The third-order valence-electron chi connectivity index (χ3n) is 3.59. The van der Waals surface area contributed by atoms with Crippen LogP contribution >= 0.6 is 11.3 Å². The van der Waals surface area contributed by atoms with Crippen molar-refractivity contribution in [2.24, 2.45) is 5.73 Å². The average molecular weight is 263 g/mol. The minimum Gasteiger partial charge on any atom is -0.475 e. The fourth-order valence-corrected chi connectivity index (χ4v) is 3.43. The summed E-state index contributed by atoms with van der Waals surface area (Å²) in [4.78, 5) is 8.52. The van der Waals surface area contributed by atoms with E-state index < -0.39 is 0 Å². The van der Waals surface area contributed by atoms with Crippen LogP contribution in [-0.2, 0) is 0 Å². The lowest BCUT2D eigenvalue weighted by Crippen LogP contribution is -2.42. The van der Waals surface area contributed by atoms with E-state index in [1.807, 2.05) is 0 Å². The molecule has 1 saturated carbocycles. The van der Waals surface area contributed by atoms with Gasteiger partial charge in [0.2, 0.25) is 5.88 Å². The Hall–Kier alpha value is -1.20. The summed E-state index contributed by atoms with van der Waals surface area (Å²) in [5, 5.41) is 2.08. The molecule has 96 valence electrons. The molecule has 3 rings (SSSR count). The topological polar surface area (TPSA) is 61.0 Å². The molecule has 0 atom stereocenters. The summed E-state index contributed by atoms with van der Waals surface area (Å²) in [7, 11) is 0. The van der Waals surface area contributed by atoms with Crippen LogP contribution in [0.3, 0.4) is 0 Å². The van der Waals surface area contributed by atoms with Crippen LogP contribution in [0.15, 0.2) is 11.7 Å². The quantitative estimate of drug-likeness (QED) is 0.924. The molecule has 2 aromatic rings. The number of aromatic nitrogens is 2. The highest BCUT2D eigenvalue weighted by Crippen LogP contribution is 2.32. The molecule has 5 heteroatoms. The van der Waals surface area contributed by atoms with E-state index in [-0.39, 0.29) is 5.54 Å². The highest BCUT2D eigenvalue weighted by Gasteiger charge is 2.30. The van der Waals surface area contributed by atoms with Crippen molar-refractivity contribution in [3.8, 4) is 5.88 Å². The summed E-state index contributed by atoms with van der Waals surface area (Å²) >= 11 is 1.63. The average Bonchev–Trinajstić information content (AvgIpc) is 2.96. The molecule has 0 aliphatic heterocycles. The highest BCUT2D eigenvalue weighted by molar-refractivity contribution is 7.17. The molecule has 2 heterocycles. The molecule has 0 aromatic carbocycles. The predicted octanol–water partition coefficient (Wildman–Crippen LogP) is 2.65. The Labute approximate surface area is 110 Å². The Balaban J connectivity index is 1.82. The van der Waals surface area contributed by atoms with Crippen LogP contribution in [-0.4, -0.2) is 22.1 Å². The Bertz CT molecular complexity index is 560. The molecular weight excluding hydrogens is 246 g/mol. The normalized spacial score (nSPS) is 18.3. The van der Waals surface area contributed by atoms with Crippen LogP contribution in [0.5, 0.6) is 5.88 Å². The lowest BCUT2D eigenvalue weighted by Gasteiger charge is -2.23. The molecule has 0 amide bonds. The summed E-state index contributed by atoms with van der Waals surface area (Å²) in [5.74, 6) is 0.676. The molecule has 0 spiro atoms. The zero-order valence-corrected chi connectivity index (χ0v) is 11.3. The Kier molecular flexibility index (Phi) is 2.95. The van der Waals surface area contributed by atoms with E-state index in [9.17, 15) is 0 Å². The maximum Gasteiger partial charge on any atom is 0.234 e. The van der Waals surface area contributed by atoms with Crippen molar-refractivity contribution in [1.82, 2.24) is 9.97 Å². The molecule has 2 aromatic heterocycles. The number of thiophene rings is 1. The van der Waals surface area contributed by atoms with Gasteiger partial charge < -0.3 is 10.5 Å². The Morgan fingerprint density at radius 1 is 1.39 bits per heavy atom. The minimum atomic E-state index is -0.163. The van der Waals surface area contributed by atoms with Gasteiger partial charge in [-0.1, -0.05) is 12.8 Å². The molecule has 0 saturated heterocycles. The van der Waals surface area contributed by atoms with Crippen molar-refractivity contribution in [2.75, 3.05) is 6.61 Å². The van der Waals surface area contributed by atoms with Gasteiger partial charge in [0.05, 0.1) is 11.1 Å². The lowest BCUT2D eigenvalue weighted by molar-refractivity contribution is 0.216. The number of aryl methyl sites for hydroxylation is 1. The number of ether oxygens (including phenoxy) is 1. The number of rotatable bonds is 3. The number of nitrogens with zero attached hydrogens (tertiary/aromatic N) is 2. The molecule has 2 N–H and O–H groups in total. The number of hydrogen-bond donors (Lipinski definition) is 1. The van der Waals surface area contributed by atoms with Crippen LogP contribution in [0.1, 0.15) is 31.2 Å². The van der Waals surface area contributed by atoms with Crippen molar-refractivity contribution in [3.05, 3.63) is 17.3 Å². The van der Waals surface area contributed by atoms with Crippen LogP contribution in [0.25, 0.3) is 10.2 Å². The molecule has 1 aliphatic rings. The first-order valence-corrected chi connectivity index (χ1v) is 7.16. The lowest BCUT2D eigenvalue weighted by atomic mass is 10.0. The van der Waals surface area contributed by atoms with Gasteiger partial charge in [0.25, 0.3) is 0 Å². The summed E-state index contributed by atoms with van der Waals surface area (Å²) in [6, 6.07) is 0. The van der Waals surface area contributed by atoms with Crippen LogP contribution in [0, 0.1) is 6.92 Å². The van der Waals surface area contributed by atoms with E-state index >= 15 is 0 Å². The Morgan fingerprint density at radius 3 is 2.94 bits per heavy atom. The van der Waals surface area contributed by atoms with Gasteiger partial charge in [0.15, 0.2) is 0 Å². The monoisotopic (exact) mass is 263 g/mol. The second-order valence-corrected chi connectivity index (χ2v) is 6.01. The third-order valence-corrected chi connectivity index (χ3v) is 4.67. The largest absolute Gasteiger partial charge is 0.475 e. The fourth-order valence-electron chi connectivity index (χ4n) is 2.49. The summed E-state index contributed by atoms with van der Waals surface area (Å²) in [6.45, 7) is 2.60. The second kappa shape index (κ2) is 4.48. The van der Waals surface area contributed by atoms with Gasteiger partial charge in [-0.15, -0.1) is 11.3 Å². The third kappa shape index (κ3) is 2.08. The van der Waals surface area contributed by atoms with E-state index in [1.165, 1.54) is 18.4 Å². The van der Waals surface area contributed by atoms with Gasteiger partial charge in [-0.25, -0.2) is 9.97 Å². The van der Waals surface area contributed by atoms with Crippen molar-refractivity contribution in [3.63, 3.8) is 0 Å². The van der Waals surface area contributed by atoms with Crippen molar-refractivity contribution < 1.29 is 4.74 Å². The van der Waals surface area contributed by atoms with Crippen molar-refractivity contribution in [1.29, 1.82) is 0 Å². The maximum atomic E-state index is 6.29. The van der Waals surface area contributed by atoms with Crippen LogP contribution in [0.4, 0.5) is 0 Å². The van der Waals surface area contributed by atoms with Crippen molar-refractivity contribution in [2.45, 2.75) is 38.1 Å². The van der Waals surface area contributed by atoms with Gasteiger partial charge in [-0.05, 0) is 30.7 Å². The zero-order valence-electron chi connectivity index (χ0n) is 10.5. The fraction of sp³-hybridized carbons (Fsp3) is 0.538. The Morgan fingerprint density at radius 2 is 2.17 bits per heavy atom. The smallest absolute Gasteiger partial charge is 0.234 e. The van der Waals surface area contributed by atoms with E-state index in [0.717, 1.165) is 23.1 Å². The number of hydrogen-bond acceptors (Lipinski definition) is 5. The SMILES string of the molecule is Cc1csc2c(OCC3(N)CCCC3)ncnc12. The van der Waals surface area contributed by atoms with Crippen molar-refractivity contribution >= 4 is 21.6 Å². The summed E-state index contributed by atoms with van der Waals surface area (Å²) in [5.41, 5.74) is 8.29. The van der Waals surface area contributed by atoms with E-state index in [0.29, 0.717) is 12.5 Å². The highest BCUT2D eigenvalue weighted by atomic mass is 32.1. The van der Waals surface area contributed by atoms with Gasteiger partial charge in [0, 0.05) is 0 Å². The van der Waals surface area contributed by atoms with E-state index in [4.69, 9.17) is 10.5 Å². The minimum absolute atomic E-state index is 0.163. The number of fused-ring (bicyclic) bond motifs is 1. The first-order chi connectivity index (χ1) is 8.68. The van der Waals surface area contributed by atoms with Gasteiger partial charge >= 0.3 is 0 Å². The second-order valence-electron chi connectivity index (χ2n) is 5.13.